The quantitative estimate of drug-likeness (QED) is 0.746. The molecule has 0 fully saturated rings. The van der Waals surface area contributed by atoms with E-state index in [0.29, 0.717) is 25.8 Å². The Morgan fingerprint density at radius 3 is 2.83 bits per heavy atom. The van der Waals surface area contributed by atoms with E-state index in [-0.39, 0.29) is 24.2 Å². The van der Waals surface area contributed by atoms with Crippen molar-refractivity contribution in [3.05, 3.63) is 29.8 Å². The Kier molecular flexibility index (Phi) is 8.06. The number of rotatable bonds is 7. The third-order valence-corrected chi connectivity index (χ3v) is 3.99. The largest absolute Gasteiger partial charge is 0.355 e. The number of amides is 2. The lowest BCUT2D eigenvalue weighted by Crippen LogP contribution is -2.41. The fraction of sp³-hybridized carbons (Fsp3) is 0.529. The number of para-hydroxylation sites is 1. The molecule has 6 heteroatoms. The average Bonchev–Trinajstić information content (AvgIpc) is 2.95. The molecule has 1 unspecified atom stereocenters. The first-order chi connectivity index (χ1) is 10.6. The number of carbonyl (C=O) groups excluding carboxylic acids is 2. The Balaban J connectivity index is 0.00000264. The molecule has 3 N–H and O–H groups in total. The predicted molar refractivity (Wildman–Crippen MR) is 94.9 cm³/mol. The zero-order chi connectivity index (χ0) is 15.9. The number of nitrogens with one attached hydrogen (secondary N) is 1. The standard InChI is InChI=1S/C17H25N3O2.ClH/c1-2-6-14(18)17(22)19-11-5-9-16(21)20-12-10-13-7-3-4-8-15(13)20;/h3-4,7-8,14H,2,5-6,9-12,18H2,1H3,(H,19,22);1H. The molecule has 5 nitrogen and oxygen atoms in total. The lowest BCUT2D eigenvalue weighted by molar-refractivity contribution is -0.123. The topological polar surface area (TPSA) is 75.4 Å². The Morgan fingerprint density at radius 2 is 2.09 bits per heavy atom. The third-order valence-electron chi connectivity index (χ3n) is 3.99. The summed E-state index contributed by atoms with van der Waals surface area (Å²) in [6.45, 7) is 3.25. The van der Waals surface area contributed by atoms with Crippen LogP contribution in [-0.2, 0) is 16.0 Å². The summed E-state index contributed by atoms with van der Waals surface area (Å²) in [7, 11) is 0. The van der Waals surface area contributed by atoms with Crippen LogP contribution < -0.4 is 16.0 Å². The van der Waals surface area contributed by atoms with Crippen molar-refractivity contribution in [3.8, 4) is 0 Å². The molecule has 0 bridgehead atoms. The summed E-state index contributed by atoms with van der Waals surface area (Å²) < 4.78 is 0. The molecular weight excluding hydrogens is 314 g/mol. The highest BCUT2D eigenvalue weighted by Gasteiger charge is 2.23. The van der Waals surface area contributed by atoms with Crippen LogP contribution in [0.15, 0.2) is 24.3 Å². The van der Waals surface area contributed by atoms with Gasteiger partial charge < -0.3 is 16.0 Å². The molecule has 1 aromatic rings. The van der Waals surface area contributed by atoms with Crippen LogP contribution in [-0.4, -0.2) is 30.9 Å². The lowest BCUT2D eigenvalue weighted by Gasteiger charge is -2.17. The van der Waals surface area contributed by atoms with E-state index in [1.54, 1.807) is 0 Å². The van der Waals surface area contributed by atoms with Crippen molar-refractivity contribution < 1.29 is 9.59 Å². The van der Waals surface area contributed by atoms with E-state index >= 15 is 0 Å². The molecule has 1 aromatic carbocycles. The van der Waals surface area contributed by atoms with Crippen LogP contribution in [0.1, 0.15) is 38.2 Å². The Bertz CT molecular complexity index is 536. The summed E-state index contributed by atoms with van der Waals surface area (Å²) in [4.78, 5) is 25.8. The van der Waals surface area contributed by atoms with Crippen molar-refractivity contribution in [2.45, 2.75) is 45.1 Å². The number of nitrogens with zero attached hydrogens (tertiary/aromatic N) is 1. The van der Waals surface area contributed by atoms with E-state index in [1.165, 1.54) is 5.56 Å². The zero-order valence-corrected chi connectivity index (χ0v) is 14.4. The number of fused-ring (bicyclic) bond motifs is 1. The van der Waals surface area contributed by atoms with Gasteiger partial charge in [0.05, 0.1) is 6.04 Å². The van der Waals surface area contributed by atoms with E-state index < -0.39 is 6.04 Å². The van der Waals surface area contributed by atoms with Crippen molar-refractivity contribution in [1.29, 1.82) is 0 Å². The maximum absolute atomic E-state index is 12.3. The van der Waals surface area contributed by atoms with Gasteiger partial charge in [0.1, 0.15) is 0 Å². The van der Waals surface area contributed by atoms with E-state index in [1.807, 2.05) is 30.0 Å². The van der Waals surface area contributed by atoms with Gasteiger partial charge in [-0.3, -0.25) is 9.59 Å². The van der Waals surface area contributed by atoms with Gasteiger partial charge in [-0.1, -0.05) is 31.5 Å². The predicted octanol–water partition coefficient (Wildman–Crippen LogP) is 2.02. The maximum atomic E-state index is 12.3. The Morgan fingerprint density at radius 1 is 1.35 bits per heavy atom. The van der Waals surface area contributed by atoms with E-state index in [2.05, 4.69) is 11.4 Å². The summed E-state index contributed by atoms with van der Waals surface area (Å²) in [5, 5.41) is 2.80. The first kappa shape index (κ1) is 19.5. The first-order valence-corrected chi connectivity index (χ1v) is 8.05. The number of halogens is 1. The van der Waals surface area contributed by atoms with Gasteiger partial charge in [0.25, 0.3) is 0 Å². The molecule has 1 heterocycles. The molecule has 1 aliphatic heterocycles. The number of nitrogens with two attached hydrogens (primary N) is 1. The highest BCUT2D eigenvalue weighted by molar-refractivity contribution is 5.95. The van der Waals surface area contributed by atoms with Crippen LogP contribution in [0.4, 0.5) is 5.69 Å². The van der Waals surface area contributed by atoms with Crippen molar-refractivity contribution >= 4 is 29.9 Å². The Hall–Kier alpha value is -1.59. The van der Waals surface area contributed by atoms with Crippen molar-refractivity contribution in [2.75, 3.05) is 18.0 Å². The molecule has 0 saturated heterocycles. The van der Waals surface area contributed by atoms with E-state index in [9.17, 15) is 9.59 Å². The highest BCUT2D eigenvalue weighted by atomic mass is 35.5. The number of anilines is 1. The summed E-state index contributed by atoms with van der Waals surface area (Å²) in [5.41, 5.74) is 8.00. The minimum Gasteiger partial charge on any atom is -0.355 e. The first-order valence-electron chi connectivity index (χ1n) is 8.05. The Labute approximate surface area is 144 Å². The molecule has 0 radical (unpaired) electrons. The van der Waals surface area contributed by atoms with Gasteiger partial charge in [0.2, 0.25) is 11.8 Å². The minimum absolute atomic E-state index is 0. The van der Waals surface area contributed by atoms with Crippen molar-refractivity contribution in [1.82, 2.24) is 5.32 Å². The lowest BCUT2D eigenvalue weighted by atomic mass is 10.1. The normalized spacial score (nSPS) is 13.9. The molecule has 23 heavy (non-hydrogen) atoms. The summed E-state index contributed by atoms with van der Waals surface area (Å²) in [6.07, 6.45) is 3.58. The van der Waals surface area contributed by atoms with Gasteiger partial charge in [0.15, 0.2) is 0 Å². The van der Waals surface area contributed by atoms with Gasteiger partial charge in [-0.25, -0.2) is 0 Å². The van der Waals surface area contributed by atoms with Gasteiger partial charge in [-0.2, -0.15) is 0 Å². The van der Waals surface area contributed by atoms with Gasteiger partial charge >= 0.3 is 0 Å². The second kappa shape index (κ2) is 9.53. The van der Waals surface area contributed by atoms with Crippen molar-refractivity contribution in [2.24, 2.45) is 5.73 Å². The van der Waals surface area contributed by atoms with Crippen molar-refractivity contribution in [3.63, 3.8) is 0 Å². The molecule has 1 atom stereocenters. The van der Waals surface area contributed by atoms with Crippen LogP contribution in [0.2, 0.25) is 0 Å². The van der Waals surface area contributed by atoms with Gasteiger partial charge in [-0.15, -0.1) is 12.4 Å². The van der Waals surface area contributed by atoms with Crippen LogP contribution in [0.25, 0.3) is 0 Å². The highest BCUT2D eigenvalue weighted by Crippen LogP contribution is 2.27. The summed E-state index contributed by atoms with van der Waals surface area (Å²) in [6, 6.07) is 7.58. The molecule has 0 spiro atoms. The monoisotopic (exact) mass is 339 g/mol. The van der Waals surface area contributed by atoms with Crippen LogP contribution >= 0.6 is 12.4 Å². The third kappa shape index (κ3) is 5.22. The second-order valence-corrected chi connectivity index (χ2v) is 5.71. The molecular formula is C17H26ClN3O2. The SMILES string of the molecule is CCCC(N)C(=O)NCCCC(=O)N1CCc2ccccc21.Cl. The maximum Gasteiger partial charge on any atom is 0.236 e. The minimum atomic E-state index is -0.439. The fourth-order valence-corrected chi connectivity index (χ4v) is 2.76. The molecule has 2 amide bonds. The number of hydrogen-bond acceptors (Lipinski definition) is 3. The van der Waals surface area contributed by atoms with Crippen LogP contribution in [0.3, 0.4) is 0 Å². The molecule has 1 aliphatic rings. The molecule has 0 aliphatic carbocycles. The van der Waals surface area contributed by atoms with Gasteiger partial charge in [-0.05, 0) is 30.9 Å². The smallest absolute Gasteiger partial charge is 0.236 e. The fourth-order valence-electron chi connectivity index (χ4n) is 2.76. The molecule has 2 rings (SSSR count). The number of benzene rings is 1. The molecule has 128 valence electrons. The molecule has 0 saturated carbocycles. The summed E-state index contributed by atoms with van der Waals surface area (Å²) >= 11 is 0. The zero-order valence-electron chi connectivity index (χ0n) is 13.6. The van der Waals surface area contributed by atoms with Crippen LogP contribution in [0.5, 0.6) is 0 Å². The average molecular weight is 340 g/mol. The second-order valence-electron chi connectivity index (χ2n) is 5.71. The van der Waals surface area contributed by atoms with E-state index in [0.717, 1.165) is 25.1 Å². The van der Waals surface area contributed by atoms with E-state index in [4.69, 9.17) is 5.73 Å². The molecule has 0 aromatic heterocycles. The van der Waals surface area contributed by atoms with Crippen LogP contribution in [0, 0.1) is 0 Å². The number of carbonyl (C=O) groups is 2. The number of hydrogen-bond donors (Lipinski definition) is 2. The van der Waals surface area contributed by atoms with Gasteiger partial charge in [0, 0.05) is 25.2 Å². The summed E-state index contributed by atoms with van der Waals surface area (Å²) in [5.74, 6) is -0.00197.